The van der Waals surface area contributed by atoms with Crippen LogP contribution in [0.1, 0.15) is 33.1 Å². The van der Waals surface area contributed by atoms with E-state index in [4.69, 9.17) is 0 Å². The second kappa shape index (κ2) is 9.03. The Morgan fingerprint density at radius 2 is 2.06 bits per heavy atom. The lowest BCUT2D eigenvalue weighted by molar-refractivity contribution is -0.121. The molecule has 2 nitrogen and oxygen atoms in total. The molecule has 1 rings (SSSR count). The minimum Gasteiger partial charge on any atom is -0.355 e. The summed E-state index contributed by atoms with van der Waals surface area (Å²) in [5, 5.41) is 2.98. The predicted molar refractivity (Wildman–Crippen MR) is 78.9 cm³/mol. The van der Waals surface area contributed by atoms with Gasteiger partial charge in [-0.05, 0) is 18.1 Å². The van der Waals surface area contributed by atoms with E-state index in [0.29, 0.717) is 12.3 Å². The monoisotopic (exact) mass is 265 g/mol. The van der Waals surface area contributed by atoms with Gasteiger partial charge in [-0.3, -0.25) is 4.79 Å². The molecular formula is C15H23NOS. The first-order valence-electron chi connectivity index (χ1n) is 6.67. The second-order valence-electron chi connectivity index (χ2n) is 4.61. The van der Waals surface area contributed by atoms with Gasteiger partial charge < -0.3 is 5.32 Å². The molecule has 18 heavy (non-hydrogen) atoms. The van der Waals surface area contributed by atoms with E-state index < -0.39 is 0 Å². The molecule has 0 aromatic heterocycles. The van der Waals surface area contributed by atoms with Crippen LogP contribution >= 0.6 is 11.8 Å². The Kier molecular flexibility index (Phi) is 7.58. The summed E-state index contributed by atoms with van der Waals surface area (Å²) in [6.45, 7) is 5.05. The SMILES string of the molecule is CCCC(C)CC(=O)NCCSc1ccccc1. The van der Waals surface area contributed by atoms with Gasteiger partial charge in [0, 0.05) is 23.6 Å². The maximum Gasteiger partial charge on any atom is 0.220 e. The molecule has 0 saturated carbocycles. The van der Waals surface area contributed by atoms with Crippen molar-refractivity contribution >= 4 is 17.7 Å². The lowest BCUT2D eigenvalue weighted by Crippen LogP contribution is -2.27. The van der Waals surface area contributed by atoms with E-state index >= 15 is 0 Å². The van der Waals surface area contributed by atoms with Crippen molar-refractivity contribution in [2.45, 2.75) is 38.0 Å². The zero-order chi connectivity index (χ0) is 13.2. The molecule has 0 fully saturated rings. The fraction of sp³-hybridized carbons (Fsp3) is 0.533. The Morgan fingerprint density at radius 1 is 1.33 bits per heavy atom. The number of hydrogen-bond donors (Lipinski definition) is 1. The van der Waals surface area contributed by atoms with Crippen LogP contribution in [-0.4, -0.2) is 18.2 Å². The molecule has 1 atom stereocenters. The van der Waals surface area contributed by atoms with Crippen molar-refractivity contribution in [1.29, 1.82) is 0 Å². The van der Waals surface area contributed by atoms with Crippen molar-refractivity contribution in [2.24, 2.45) is 5.92 Å². The van der Waals surface area contributed by atoms with Crippen molar-refractivity contribution in [3.63, 3.8) is 0 Å². The largest absolute Gasteiger partial charge is 0.355 e. The Labute approximate surface area is 115 Å². The van der Waals surface area contributed by atoms with E-state index in [0.717, 1.165) is 25.1 Å². The lowest BCUT2D eigenvalue weighted by atomic mass is 10.0. The first-order chi connectivity index (χ1) is 8.72. The summed E-state index contributed by atoms with van der Waals surface area (Å²) in [7, 11) is 0. The third-order valence-corrected chi connectivity index (χ3v) is 3.77. The first kappa shape index (κ1) is 15.1. The van der Waals surface area contributed by atoms with Gasteiger partial charge in [-0.15, -0.1) is 11.8 Å². The van der Waals surface area contributed by atoms with Gasteiger partial charge in [0.05, 0.1) is 0 Å². The normalized spacial score (nSPS) is 12.1. The predicted octanol–water partition coefficient (Wildman–Crippen LogP) is 3.72. The molecule has 0 aliphatic heterocycles. The number of nitrogens with one attached hydrogen (secondary N) is 1. The van der Waals surface area contributed by atoms with Gasteiger partial charge in [0.25, 0.3) is 0 Å². The van der Waals surface area contributed by atoms with Gasteiger partial charge in [-0.1, -0.05) is 44.9 Å². The van der Waals surface area contributed by atoms with Crippen molar-refractivity contribution in [3.8, 4) is 0 Å². The van der Waals surface area contributed by atoms with Crippen LogP contribution in [0, 0.1) is 5.92 Å². The van der Waals surface area contributed by atoms with Gasteiger partial charge in [-0.25, -0.2) is 0 Å². The van der Waals surface area contributed by atoms with Crippen LogP contribution < -0.4 is 5.32 Å². The number of carbonyl (C=O) groups excluding carboxylic acids is 1. The van der Waals surface area contributed by atoms with Crippen molar-refractivity contribution in [3.05, 3.63) is 30.3 Å². The average molecular weight is 265 g/mol. The van der Waals surface area contributed by atoms with E-state index in [1.807, 2.05) is 18.2 Å². The van der Waals surface area contributed by atoms with Crippen molar-refractivity contribution in [2.75, 3.05) is 12.3 Å². The molecule has 1 unspecified atom stereocenters. The quantitative estimate of drug-likeness (QED) is 0.573. The van der Waals surface area contributed by atoms with Crippen LogP contribution in [-0.2, 0) is 4.79 Å². The molecule has 1 N–H and O–H groups in total. The summed E-state index contributed by atoms with van der Waals surface area (Å²) >= 11 is 1.78. The third kappa shape index (κ3) is 6.70. The van der Waals surface area contributed by atoms with Crippen molar-refractivity contribution < 1.29 is 4.79 Å². The van der Waals surface area contributed by atoms with E-state index in [2.05, 4.69) is 31.3 Å². The number of thioether (sulfide) groups is 1. The Balaban J connectivity index is 2.09. The molecule has 0 spiro atoms. The summed E-state index contributed by atoms with van der Waals surface area (Å²) < 4.78 is 0. The van der Waals surface area contributed by atoms with E-state index in [9.17, 15) is 4.79 Å². The molecule has 1 aromatic carbocycles. The topological polar surface area (TPSA) is 29.1 Å². The number of hydrogen-bond acceptors (Lipinski definition) is 2. The van der Waals surface area contributed by atoms with Crippen LogP contribution in [0.5, 0.6) is 0 Å². The van der Waals surface area contributed by atoms with E-state index in [-0.39, 0.29) is 5.91 Å². The smallest absolute Gasteiger partial charge is 0.220 e. The molecule has 1 aromatic rings. The maximum atomic E-state index is 11.6. The highest BCUT2D eigenvalue weighted by molar-refractivity contribution is 7.99. The highest BCUT2D eigenvalue weighted by Crippen LogP contribution is 2.15. The summed E-state index contributed by atoms with van der Waals surface area (Å²) in [5.41, 5.74) is 0. The average Bonchev–Trinajstić information content (AvgIpc) is 2.36. The summed E-state index contributed by atoms with van der Waals surface area (Å²) in [6, 6.07) is 10.3. The highest BCUT2D eigenvalue weighted by Gasteiger charge is 2.07. The van der Waals surface area contributed by atoms with Crippen LogP contribution in [0.15, 0.2) is 35.2 Å². The number of rotatable bonds is 8. The van der Waals surface area contributed by atoms with Crippen molar-refractivity contribution in [1.82, 2.24) is 5.32 Å². The minimum absolute atomic E-state index is 0.185. The molecule has 0 aliphatic carbocycles. The summed E-state index contributed by atoms with van der Waals surface area (Å²) in [5.74, 6) is 1.61. The van der Waals surface area contributed by atoms with Gasteiger partial charge in [0.1, 0.15) is 0 Å². The molecule has 0 bridgehead atoms. The molecular weight excluding hydrogens is 242 g/mol. The molecule has 0 heterocycles. The van der Waals surface area contributed by atoms with E-state index in [1.54, 1.807) is 11.8 Å². The third-order valence-electron chi connectivity index (χ3n) is 2.75. The van der Waals surface area contributed by atoms with Crippen LogP contribution in [0.25, 0.3) is 0 Å². The molecule has 0 saturated heterocycles. The zero-order valence-corrected chi connectivity index (χ0v) is 12.1. The maximum absolute atomic E-state index is 11.6. The fourth-order valence-electron chi connectivity index (χ4n) is 1.86. The number of benzene rings is 1. The molecule has 1 amide bonds. The minimum atomic E-state index is 0.185. The standard InChI is InChI=1S/C15H23NOS/c1-3-7-13(2)12-15(17)16-10-11-18-14-8-5-4-6-9-14/h4-6,8-9,13H,3,7,10-12H2,1-2H3,(H,16,17). The molecule has 0 aliphatic rings. The Hall–Kier alpha value is -0.960. The van der Waals surface area contributed by atoms with Gasteiger partial charge in [0.2, 0.25) is 5.91 Å². The Bertz CT molecular complexity index is 340. The molecule has 3 heteroatoms. The Morgan fingerprint density at radius 3 is 2.72 bits per heavy atom. The van der Waals surface area contributed by atoms with Crippen LogP contribution in [0.2, 0.25) is 0 Å². The van der Waals surface area contributed by atoms with Gasteiger partial charge in [0.15, 0.2) is 0 Å². The lowest BCUT2D eigenvalue weighted by Gasteiger charge is -2.10. The van der Waals surface area contributed by atoms with E-state index in [1.165, 1.54) is 4.90 Å². The van der Waals surface area contributed by atoms with Gasteiger partial charge >= 0.3 is 0 Å². The zero-order valence-electron chi connectivity index (χ0n) is 11.3. The van der Waals surface area contributed by atoms with Gasteiger partial charge in [-0.2, -0.15) is 0 Å². The van der Waals surface area contributed by atoms with Crippen LogP contribution in [0.4, 0.5) is 0 Å². The molecule has 100 valence electrons. The second-order valence-corrected chi connectivity index (χ2v) is 5.78. The van der Waals surface area contributed by atoms with Crippen LogP contribution in [0.3, 0.4) is 0 Å². The highest BCUT2D eigenvalue weighted by atomic mass is 32.2. The fourth-order valence-corrected chi connectivity index (χ4v) is 2.65. The number of amides is 1. The summed E-state index contributed by atoms with van der Waals surface area (Å²) in [4.78, 5) is 12.9. The number of carbonyl (C=O) groups is 1. The first-order valence-corrected chi connectivity index (χ1v) is 7.65. The molecule has 0 radical (unpaired) electrons. The summed E-state index contributed by atoms with van der Waals surface area (Å²) in [6.07, 6.45) is 2.94.